The van der Waals surface area contributed by atoms with E-state index in [-0.39, 0.29) is 17.8 Å². The molecule has 3 heterocycles. The molecule has 0 saturated heterocycles. The zero-order chi connectivity index (χ0) is 33.4. The number of H-pyrrole nitrogens is 1. The number of hydrogen-bond donors (Lipinski definition) is 2. The van der Waals surface area contributed by atoms with Crippen LogP contribution in [0.1, 0.15) is 51.4 Å². The molecule has 2 N–H and O–H groups in total. The average Bonchev–Trinajstić information content (AvgIpc) is 3.74. The highest BCUT2D eigenvalue weighted by molar-refractivity contribution is 6.03. The Balaban J connectivity index is 1.37. The number of amides is 1. The minimum absolute atomic E-state index is 0.142. The van der Waals surface area contributed by atoms with E-state index >= 15 is 0 Å². The Hall–Kier alpha value is -6.34. The number of fused-ring (bicyclic) bond motifs is 2. The minimum Gasteiger partial charge on any atom is -0.343 e. The predicted molar refractivity (Wildman–Crippen MR) is 194 cm³/mol. The number of imidazole rings is 1. The van der Waals surface area contributed by atoms with Gasteiger partial charge in [0.15, 0.2) is 0 Å². The largest absolute Gasteiger partial charge is 0.343 e. The summed E-state index contributed by atoms with van der Waals surface area (Å²) in [5.74, 6) is -0.172. The molecule has 0 spiro atoms. The Labute approximate surface area is 284 Å². The molecule has 1 unspecified atom stereocenters. The molecule has 7 nitrogen and oxygen atoms in total. The summed E-state index contributed by atoms with van der Waals surface area (Å²) in [7, 11) is 0. The van der Waals surface area contributed by atoms with Gasteiger partial charge in [-0.15, -0.1) is 0 Å². The summed E-state index contributed by atoms with van der Waals surface area (Å²) in [5.41, 5.74) is 8.70. The molecule has 238 valence electrons. The van der Waals surface area contributed by atoms with E-state index in [1.165, 1.54) is 0 Å². The van der Waals surface area contributed by atoms with Crippen LogP contribution in [0.25, 0.3) is 33.2 Å². The Morgan fingerprint density at radius 1 is 0.714 bits per heavy atom. The summed E-state index contributed by atoms with van der Waals surface area (Å²) < 4.78 is 2.24. The molecule has 0 bridgehead atoms. The van der Waals surface area contributed by atoms with E-state index in [0.29, 0.717) is 11.0 Å². The lowest BCUT2D eigenvalue weighted by molar-refractivity contribution is 0.0930. The lowest BCUT2D eigenvalue weighted by Gasteiger charge is -2.37. The summed E-state index contributed by atoms with van der Waals surface area (Å²) in [6, 6.07) is 47.6. The van der Waals surface area contributed by atoms with Gasteiger partial charge in [-0.3, -0.25) is 19.6 Å². The number of aromatic amines is 1. The van der Waals surface area contributed by atoms with Crippen molar-refractivity contribution in [3.63, 3.8) is 0 Å². The van der Waals surface area contributed by atoms with Crippen molar-refractivity contribution in [2.45, 2.75) is 25.4 Å². The van der Waals surface area contributed by atoms with E-state index in [4.69, 9.17) is 9.97 Å². The fourth-order valence-corrected chi connectivity index (χ4v) is 6.93. The average molecular weight is 639 g/mol. The molecule has 5 aromatic carbocycles. The Bertz CT molecular complexity index is 2300. The van der Waals surface area contributed by atoms with Crippen LogP contribution in [0.3, 0.4) is 0 Å². The first-order valence-electron chi connectivity index (χ1n) is 16.4. The zero-order valence-corrected chi connectivity index (χ0v) is 27.2. The highest BCUT2D eigenvalue weighted by Crippen LogP contribution is 2.44. The molecule has 0 aliphatic carbocycles. The molecule has 49 heavy (non-hydrogen) atoms. The lowest BCUT2D eigenvalue weighted by Crippen LogP contribution is -2.38. The van der Waals surface area contributed by atoms with Gasteiger partial charge in [-0.05, 0) is 60.4 Å². The van der Waals surface area contributed by atoms with Gasteiger partial charge in [0, 0.05) is 23.3 Å². The van der Waals surface area contributed by atoms with Crippen LogP contribution in [0.15, 0.2) is 152 Å². The second-order valence-corrected chi connectivity index (χ2v) is 12.4. The van der Waals surface area contributed by atoms with Crippen molar-refractivity contribution in [2.24, 2.45) is 0 Å². The number of carbonyl (C=O) groups is 1. The maximum absolute atomic E-state index is 13.5. The van der Waals surface area contributed by atoms with E-state index < -0.39 is 5.54 Å². The second kappa shape index (κ2) is 12.4. The summed E-state index contributed by atoms with van der Waals surface area (Å²) >= 11 is 0. The maximum Gasteiger partial charge on any atom is 0.289 e. The van der Waals surface area contributed by atoms with Crippen molar-refractivity contribution in [2.75, 3.05) is 0 Å². The zero-order valence-electron chi connectivity index (χ0n) is 27.2. The summed E-state index contributed by atoms with van der Waals surface area (Å²) in [5, 5.41) is 7.89. The molecular formula is C42H34N6O. The van der Waals surface area contributed by atoms with Crippen molar-refractivity contribution in [1.82, 2.24) is 30.0 Å². The van der Waals surface area contributed by atoms with Crippen LogP contribution in [0.2, 0.25) is 0 Å². The van der Waals surface area contributed by atoms with Crippen LogP contribution in [-0.4, -0.2) is 30.6 Å². The lowest BCUT2D eigenvalue weighted by atomic mass is 9.77. The van der Waals surface area contributed by atoms with Crippen molar-refractivity contribution in [3.05, 3.63) is 186 Å². The van der Waals surface area contributed by atoms with Gasteiger partial charge in [-0.2, -0.15) is 0 Å². The monoisotopic (exact) mass is 638 g/mol. The molecule has 1 amide bonds. The molecule has 7 heteroatoms. The number of hydrogen-bond acceptors (Lipinski definition) is 4. The van der Waals surface area contributed by atoms with Crippen molar-refractivity contribution in [3.8, 4) is 11.3 Å². The maximum atomic E-state index is 13.5. The fraction of sp³-hybridized carbons (Fsp3) is 0.0952. The summed E-state index contributed by atoms with van der Waals surface area (Å²) in [4.78, 5) is 27.4. The molecule has 3 aromatic heterocycles. The molecule has 0 saturated carbocycles. The molecule has 1 atom stereocenters. The number of aromatic nitrogens is 5. The number of pyridine rings is 1. The highest BCUT2D eigenvalue weighted by Gasteiger charge is 2.40. The Morgan fingerprint density at radius 2 is 1.29 bits per heavy atom. The number of aryl methyl sites for hydroxylation is 1. The number of benzene rings is 5. The predicted octanol–water partition coefficient (Wildman–Crippen LogP) is 8.61. The Kier molecular flexibility index (Phi) is 7.57. The normalized spacial score (nSPS) is 12.3. The van der Waals surface area contributed by atoms with Crippen molar-refractivity contribution >= 4 is 27.8 Å². The molecular weight excluding hydrogens is 605 g/mol. The first-order chi connectivity index (χ1) is 24.0. The topological polar surface area (TPSA) is 88.5 Å². The van der Waals surface area contributed by atoms with Crippen LogP contribution >= 0.6 is 0 Å². The molecule has 0 fully saturated rings. The van der Waals surface area contributed by atoms with E-state index in [0.717, 1.165) is 50.0 Å². The van der Waals surface area contributed by atoms with Crippen LogP contribution in [-0.2, 0) is 5.54 Å². The highest BCUT2D eigenvalue weighted by atomic mass is 16.2. The van der Waals surface area contributed by atoms with Crippen LogP contribution in [0, 0.1) is 6.92 Å². The number of nitrogens with one attached hydrogen (secondary N) is 2. The van der Waals surface area contributed by atoms with Gasteiger partial charge < -0.3 is 5.32 Å². The van der Waals surface area contributed by atoms with Gasteiger partial charge in [0.05, 0.1) is 28.3 Å². The van der Waals surface area contributed by atoms with Gasteiger partial charge >= 0.3 is 0 Å². The number of rotatable bonds is 8. The fourth-order valence-electron chi connectivity index (χ4n) is 6.93. The first kappa shape index (κ1) is 30.0. The van der Waals surface area contributed by atoms with E-state index in [9.17, 15) is 4.79 Å². The van der Waals surface area contributed by atoms with Gasteiger partial charge in [0.25, 0.3) is 5.91 Å². The third-order valence-electron chi connectivity index (χ3n) is 9.25. The first-order valence-corrected chi connectivity index (χ1v) is 16.4. The number of carbonyl (C=O) groups excluding carboxylic acids is 1. The SMILES string of the molecule is Cc1cccc(C(C)NC(=O)c2nc3cc4c(-c5ccncc5)[nH]n(C(c5ccccc5)(c5ccccc5)c5ccccc5)c4cc3n2)c1. The molecule has 8 aromatic rings. The van der Waals surface area contributed by atoms with Gasteiger partial charge in [-0.25, -0.2) is 9.97 Å². The summed E-state index contributed by atoms with van der Waals surface area (Å²) in [6.07, 6.45) is 3.59. The van der Waals surface area contributed by atoms with E-state index in [1.54, 1.807) is 12.4 Å². The minimum atomic E-state index is -0.801. The van der Waals surface area contributed by atoms with Crippen molar-refractivity contribution in [1.29, 1.82) is 0 Å². The van der Waals surface area contributed by atoms with Crippen LogP contribution in [0.4, 0.5) is 0 Å². The van der Waals surface area contributed by atoms with Crippen molar-refractivity contribution < 1.29 is 4.79 Å². The van der Waals surface area contributed by atoms with Gasteiger partial charge in [-0.1, -0.05) is 121 Å². The van der Waals surface area contributed by atoms with Gasteiger partial charge in [0.2, 0.25) is 5.82 Å². The third kappa shape index (κ3) is 5.26. The summed E-state index contributed by atoms with van der Waals surface area (Å²) in [6.45, 7) is 4.02. The van der Waals surface area contributed by atoms with Crippen LogP contribution in [0.5, 0.6) is 0 Å². The number of nitrogens with zero attached hydrogens (tertiary/aromatic N) is 4. The molecule has 8 rings (SSSR count). The quantitative estimate of drug-likeness (QED) is 0.163. The smallest absolute Gasteiger partial charge is 0.289 e. The third-order valence-corrected chi connectivity index (χ3v) is 9.25. The second-order valence-electron chi connectivity index (χ2n) is 12.4. The molecule has 0 aliphatic heterocycles. The standard InChI is InChI=1S/C42H34N6O/c1-28-13-12-14-31(25-28)29(2)44-41(49)40-45-36-26-35-38(27-37(36)46-40)48(47-39(35)30-21-23-43-24-22-30)42(32-15-6-3-7-16-32,33-17-8-4-9-18-33)34-19-10-5-11-20-34/h3-27,29,47H,1-2H3,(H,44,49). The van der Waals surface area contributed by atoms with Gasteiger partial charge in [0.1, 0.15) is 5.54 Å². The molecule has 0 radical (unpaired) electrons. The van der Waals surface area contributed by atoms with E-state index in [2.05, 4.69) is 98.9 Å². The van der Waals surface area contributed by atoms with E-state index in [1.807, 2.05) is 74.5 Å². The Morgan fingerprint density at radius 3 is 1.86 bits per heavy atom. The van der Waals surface area contributed by atoms with Crippen LogP contribution < -0.4 is 5.32 Å². The molecule has 0 aliphatic rings.